The van der Waals surface area contributed by atoms with E-state index < -0.39 is 6.10 Å². The highest BCUT2D eigenvalue weighted by atomic mass is 16.5. The second-order valence-corrected chi connectivity index (χ2v) is 9.86. The van der Waals surface area contributed by atoms with Crippen molar-refractivity contribution < 1.29 is 38.3 Å². The highest BCUT2D eigenvalue weighted by molar-refractivity contribution is 5.87. The summed E-state index contributed by atoms with van der Waals surface area (Å²) in [6, 6.07) is 27.0. The Morgan fingerprint density at radius 1 is 0.698 bits per heavy atom. The van der Waals surface area contributed by atoms with E-state index in [1.54, 1.807) is 35.5 Å². The zero-order valence-corrected chi connectivity index (χ0v) is 25.0. The Bertz CT molecular complexity index is 1560. The van der Waals surface area contributed by atoms with Gasteiger partial charge in [-0.2, -0.15) is 0 Å². The lowest BCUT2D eigenvalue weighted by Gasteiger charge is -2.31. The molecule has 8 nitrogen and oxygen atoms in total. The van der Waals surface area contributed by atoms with Crippen LogP contribution in [-0.2, 0) is 27.4 Å². The maximum atomic E-state index is 10.5. The van der Waals surface area contributed by atoms with Crippen LogP contribution in [0.3, 0.4) is 0 Å². The molecule has 0 amide bonds. The van der Waals surface area contributed by atoms with E-state index in [2.05, 4.69) is 0 Å². The molecule has 2 unspecified atom stereocenters. The summed E-state index contributed by atoms with van der Waals surface area (Å²) in [5.41, 5.74) is 5.66. The van der Waals surface area contributed by atoms with Crippen molar-refractivity contribution in [2.75, 3.05) is 35.5 Å². The first-order valence-corrected chi connectivity index (χ1v) is 13.8. The van der Waals surface area contributed by atoms with Crippen molar-refractivity contribution in [3.05, 3.63) is 118 Å². The molecule has 0 bridgehead atoms. The van der Waals surface area contributed by atoms with E-state index >= 15 is 0 Å². The zero-order chi connectivity index (χ0) is 30.3. The first-order chi connectivity index (χ1) is 21.0. The van der Waals surface area contributed by atoms with Crippen molar-refractivity contribution in [1.29, 1.82) is 0 Å². The number of benzene rings is 4. The minimum atomic E-state index is -0.666. The monoisotopic (exact) mass is 584 g/mol. The van der Waals surface area contributed by atoms with Crippen LogP contribution in [0.4, 0.5) is 0 Å². The standard InChI is InChI=1S/C19H20O5.C16H16O3/c1-20-13-7-5-12(6-8-13)17-19(23-4)14-9-10-16(21-2)18(22-3)15(14)11-24-17;1-18-13-8-7-12-10-19-16(15(17)14(12)9-13)11-5-3-2-4-6-11/h5-10H,11H2,1-4H3;2-9,15-17H,10H2,1H3. The second-order valence-electron chi connectivity index (χ2n) is 9.86. The van der Waals surface area contributed by atoms with E-state index in [9.17, 15) is 5.11 Å². The van der Waals surface area contributed by atoms with E-state index in [4.69, 9.17) is 33.2 Å². The maximum Gasteiger partial charge on any atom is 0.169 e. The minimum absolute atomic E-state index is 0.319. The van der Waals surface area contributed by atoms with Crippen LogP contribution < -0.4 is 18.9 Å². The van der Waals surface area contributed by atoms with Gasteiger partial charge in [-0.15, -0.1) is 0 Å². The van der Waals surface area contributed by atoms with Crippen LogP contribution in [0.1, 0.15) is 45.6 Å². The summed E-state index contributed by atoms with van der Waals surface area (Å²) in [6.45, 7) is 0.889. The molecule has 0 aromatic heterocycles. The topological polar surface area (TPSA) is 84.8 Å². The minimum Gasteiger partial charge on any atom is -0.497 e. The number of fused-ring (bicyclic) bond motifs is 2. The second kappa shape index (κ2) is 13.5. The predicted molar refractivity (Wildman–Crippen MR) is 163 cm³/mol. The molecule has 0 spiro atoms. The molecule has 0 radical (unpaired) electrons. The lowest BCUT2D eigenvalue weighted by molar-refractivity contribution is -0.0656. The van der Waals surface area contributed by atoms with Crippen molar-refractivity contribution in [3.63, 3.8) is 0 Å². The van der Waals surface area contributed by atoms with Gasteiger partial charge in [0.15, 0.2) is 23.0 Å². The molecule has 2 heterocycles. The van der Waals surface area contributed by atoms with Gasteiger partial charge in [-0.3, -0.25) is 0 Å². The fraction of sp³-hybridized carbons (Fsp3) is 0.257. The molecule has 4 aromatic rings. The van der Waals surface area contributed by atoms with Gasteiger partial charge in [0.1, 0.15) is 30.3 Å². The fourth-order valence-corrected chi connectivity index (χ4v) is 5.30. The normalized spacial score (nSPS) is 16.9. The molecule has 2 aliphatic heterocycles. The van der Waals surface area contributed by atoms with Crippen LogP contribution in [0.15, 0.2) is 84.9 Å². The van der Waals surface area contributed by atoms with Gasteiger partial charge in [0.2, 0.25) is 0 Å². The van der Waals surface area contributed by atoms with Gasteiger partial charge in [0.25, 0.3) is 0 Å². The van der Waals surface area contributed by atoms with Crippen LogP contribution in [0.25, 0.3) is 11.5 Å². The van der Waals surface area contributed by atoms with Crippen molar-refractivity contribution >= 4 is 11.5 Å². The summed E-state index contributed by atoms with van der Waals surface area (Å²) in [5.74, 6) is 4.25. The number of rotatable bonds is 7. The van der Waals surface area contributed by atoms with Crippen molar-refractivity contribution in [3.8, 4) is 23.0 Å². The lowest BCUT2D eigenvalue weighted by atomic mass is 9.92. The highest BCUT2D eigenvalue weighted by Gasteiger charge is 2.30. The van der Waals surface area contributed by atoms with Crippen LogP contribution in [-0.4, -0.2) is 40.7 Å². The van der Waals surface area contributed by atoms with Crippen LogP contribution in [0.5, 0.6) is 23.0 Å². The number of aliphatic hydroxyl groups excluding tert-OH is 1. The third kappa shape index (κ3) is 6.11. The Hall–Kier alpha value is -4.66. The molecule has 2 atom stereocenters. The largest absolute Gasteiger partial charge is 0.497 e. The SMILES string of the molecule is COC1=C(c2ccc(OC)cc2)OCc2c1ccc(OC)c2OC.COc1ccc2c(c1)C(O)C(c1ccccc1)OC2. The van der Waals surface area contributed by atoms with Crippen LogP contribution in [0.2, 0.25) is 0 Å². The molecule has 224 valence electrons. The molecule has 4 aromatic carbocycles. The summed E-state index contributed by atoms with van der Waals surface area (Å²) in [4.78, 5) is 0. The third-order valence-corrected chi connectivity index (χ3v) is 7.52. The van der Waals surface area contributed by atoms with Gasteiger partial charge in [-0.05, 0) is 65.2 Å². The van der Waals surface area contributed by atoms with Gasteiger partial charge in [0, 0.05) is 16.7 Å². The molecule has 6 rings (SSSR count). The molecule has 43 heavy (non-hydrogen) atoms. The number of ether oxygens (including phenoxy) is 7. The smallest absolute Gasteiger partial charge is 0.169 e. The number of hydrogen-bond donors (Lipinski definition) is 1. The Balaban J connectivity index is 0.000000176. The van der Waals surface area contributed by atoms with E-state index in [0.29, 0.717) is 36.2 Å². The summed E-state index contributed by atoms with van der Waals surface area (Å²) in [6.07, 6.45) is -0.984. The third-order valence-electron chi connectivity index (χ3n) is 7.52. The Morgan fingerprint density at radius 2 is 1.42 bits per heavy atom. The van der Waals surface area contributed by atoms with Crippen molar-refractivity contribution in [2.45, 2.75) is 25.4 Å². The number of aliphatic hydroxyl groups is 1. The molecule has 0 saturated heterocycles. The quantitative estimate of drug-likeness (QED) is 0.257. The van der Waals surface area contributed by atoms with Crippen molar-refractivity contribution in [1.82, 2.24) is 0 Å². The molecule has 0 aliphatic carbocycles. The number of methoxy groups -OCH3 is 5. The van der Waals surface area contributed by atoms with E-state index in [-0.39, 0.29) is 6.10 Å². The lowest BCUT2D eigenvalue weighted by Crippen LogP contribution is -2.21. The summed E-state index contributed by atoms with van der Waals surface area (Å²) in [5, 5.41) is 10.5. The predicted octanol–water partition coefficient (Wildman–Crippen LogP) is 6.71. The Labute approximate surface area is 252 Å². The van der Waals surface area contributed by atoms with Gasteiger partial charge >= 0.3 is 0 Å². The van der Waals surface area contributed by atoms with Crippen molar-refractivity contribution in [2.24, 2.45) is 0 Å². The van der Waals surface area contributed by atoms with Gasteiger partial charge in [-0.1, -0.05) is 36.4 Å². The Morgan fingerprint density at radius 3 is 2.07 bits per heavy atom. The molecular formula is C35H36O8. The number of hydrogen-bond acceptors (Lipinski definition) is 8. The maximum absolute atomic E-state index is 10.5. The molecule has 0 saturated carbocycles. The summed E-state index contributed by atoms with van der Waals surface area (Å²) < 4.78 is 38.7. The average molecular weight is 585 g/mol. The first kappa shape index (κ1) is 29.8. The average Bonchev–Trinajstić information content (AvgIpc) is 3.07. The zero-order valence-electron chi connectivity index (χ0n) is 25.0. The van der Waals surface area contributed by atoms with E-state index in [1.165, 1.54) is 0 Å². The Kier molecular flexibility index (Phi) is 9.39. The van der Waals surface area contributed by atoms with Crippen LogP contribution >= 0.6 is 0 Å². The fourth-order valence-electron chi connectivity index (χ4n) is 5.30. The molecule has 0 fully saturated rings. The van der Waals surface area contributed by atoms with Gasteiger partial charge in [0.05, 0.1) is 42.2 Å². The summed E-state index contributed by atoms with van der Waals surface area (Å²) in [7, 11) is 8.13. The molecule has 2 aliphatic rings. The molecular weight excluding hydrogens is 548 g/mol. The molecule has 8 heteroatoms. The van der Waals surface area contributed by atoms with Gasteiger partial charge in [-0.25, -0.2) is 0 Å². The highest BCUT2D eigenvalue weighted by Crippen LogP contribution is 2.43. The van der Waals surface area contributed by atoms with Gasteiger partial charge < -0.3 is 38.3 Å². The van der Waals surface area contributed by atoms with E-state index in [0.717, 1.165) is 44.9 Å². The summed E-state index contributed by atoms with van der Waals surface area (Å²) >= 11 is 0. The van der Waals surface area contributed by atoms with Crippen LogP contribution in [0, 0.1) is 0 Å². The van der Waals surface area contributed by atoms with E-state index in [1.807, 2.05) is 84.9 Å². The molecule has 1 N–H and O–H groups in total. The first-order valence-electron chi connectivity index (χ1n) is 13.8.